The minimum atomic E-state index is -1.05. The molecule has 3 aliphatic heterocycles. The normalized spacial score (nSPS) is 51.3. The van der Waals surface area contributed by atoms with Crippen LogP contribution in [-0.4, -0.2) is 65.7 Å². The summed E-state index contributed by atoms with van der Waals surface area (Å²) in [6.07, 6.45) is 2.16. The van der Waals surface area contributed by atoms with Crippen molar-refractivity contribution in [2.24, 2.45) is 33.5 Å². The van der Waals surface area contributed by atoms with Crippen molar-refractivity contribution in [1.29, 1.82) is 0 Å². The molecule has 4 heterocycles. The van der Waals surface area contributed by atoms with Crippen molar-refractivity contribution in [1.82, 2.24) is 0 Å². The van der Waals surface area contributed by atoms with Gasteiger partial charge in [0.15, 0.2) is 6.10 Å². The van der Waals surface area contributed by atoms with E-state index in [1.807, 2.05) is 13.0 Å². The number of aliphatic hydroxyl groups excluding tert-OH is 1. The van der Waals surface area contributed by atoms with Gasteiger partial charge in [-0.1, -0.05) is 33.8 Å². The number of allylic oxidation sites excluding steroid dienone is 1. The Hall–Kier alpha value is -2.69. The summed E-state index contributed by atoms with van der Waals surface area (Å²) in [4.78, 5) is 39.1. The maximum Gasteiger partial charge on any atom is 0.339 e. The van der Waals surface area contributed by atoms with Gasteiger partial charge in [0.2, 0.25) is 0 Å². The summed E-state index contributed by atoms with van der Waals surface area (Å²) in [5.74, 6) is -1.82. The van der Waals surface area contributed by atoms with Gasteiger partial charge in [-0.15, -0.1) is 0 Å². The predicted octanol–water partition coefficient (Wildman–Crippen LogP) is 4.05. The Labute approximate surface area is 251 Å². The van der Waals surface area contributed by atoms with E-state index >= 15 is 0 Å². The monoisotopic (exact) mass is 598 g/mol. The van der Waals surface area contributed by atoms with E-state index in [9.17, 15) is 19.5 Å². The zero-order valence-electron chi connectivity index (χ0n) is 25.9. The molecule has 1 aromatic heterocycles. The highest BCUT2D eigenvalue weighted by Crippen LogP contribution is 2.81. The topological polar surface area (TPSA) is 134 Å². The maximum absolute atomic E-state index is 13.5. The molecule has 10 nitrogen and oxygen atoms in total. The number of epoxide rings is 1. The Bertz CT molecular complexity index is 1400. The molecule has 3 saturated carbocycles. The molecule has 1 spiro atoms. The first-order chi connectivity index (χ1) is 20.2. The first kappa shape index (κ1) is 29.0. The van der Waals surface area contributed by atoms with E-state index in [2.05, 4.69) is 20.8 Å². The lowest BCUT2D eigenvalue weighted by molar-refractivity contribution is -0.303. The molecule has 0 radical (unpaired) electrons. The molecule has 10 heteroatoms. The fourth-order valence-electron chi connectivity index (χ4n) is 11.0. The van der Waals surface area contributed by atoms with Crippen LogP contribution in [0.2, 0.25) is 0 Å². The van der Waals surface area contributed by atoms with Crippen LogP contribution < -0.4 is 0 Å². The fourth-order valence-corrected chi connectivity index (χ4v) is 11.0. The molecule has 0 unspecified atom stereocenters. The Balaban J connectivity index is 1.39. The number of furan rings is 1. The molecule has 234 valence electrons. The molecule has 1 N–H and O–H groups in total. The molecule has 13 atom stereocenters. The van der Waals surface area contributed by atoms with Crippen molar-refractivity contribution in [3.8, 4) is 0 Å². The Morgan fingerprint density at radius 3 is 2.49 bits per heavy atom. The predicted molar refractivity (Wildman–Crippen MR) is 149 cm³/mol. The lowest BCUT2D eigenvalue weighted by Gasteiger charge is -2.71. The second-order valence-electron chi connectivity index (χ2n) is 14.7. The van der Waals surface area contributed by atoms with E-state index in [1.54, 1.807) is 32.4 Å². The van der Waals surface area contributed by atoms with Crippen LogP contribution >= 0.6 is 0 Å². The summed E-state index contributed by atoms with van der Waals surface area (Å²) in [5.41, 5.74) is -2.78. The van der Waals surface area contributed by atoms with Crippen molar-refractivity contribution in [2.45, 2.75) is 110 Å². The van der Waals surface area contributed by atoms with Crippen LogP contribution in [0.15, 0.2) is 34.7 Å². The van der Waals surface area contributed by atoms with Crippen molar-refractivity contribution in [3.05, 3.63) is 35.8 Å². The van der Waals surface area contributed by atoms with Crippen LogP contribution in [0.1, 0.15) is 79.4 Å². The van der Waals surface area contributed by atoms with Crippen molar-refractivity contribution in [3.63, 3.8) is 0 Å². The van der Waals surface area contributed by atoms with E-state index in [1.165, 1.54) is 6.92 Å². The van der Waals surface area contributed by atoms with E-state index in [0.717, 1.165) is 5.56 Å². The summed E-state index contributed by atoms with van der Waals surface area (Å²) in [6, 6.07) is 1.81. The average molecular weight is 599 g/mol. The van der Waals surface area contributed by atoms with Crippen LogP contribution in [0.4, 0.5) is 0 Å². The fraction of sp³-hybridized carbons (Fsp3) is 0.727. The lowest BCUT2D eigenvalue weighted by Crippen LogP contribution is -2.77. The molecule has 6 aliphatic rings. The maximum atomic E-state index is 13.5. The Morgan fingerprint density at radius 2 is 1.84 bits per heavy atom. The summed E-state index contributed by atoms with van der Waals surface area (Å²) in [6.45, 7) is 13.5. The zero-order chi connectivity index (χ0) is 30.9. The molecule has 3 saturated heterocycles. The zero-order valence-corrected chi connectivity index (χ0v) is 25.9. The van der Waals surface area contributed by atoms with Crippen LogP contribution in [-0.2, 0) is 38.1 Å². The van der Waals surface area contributed by atoms with Gasteiger partial charge in [0.1, 0.15) is 23.9 Å². The third-order valence-corrected chi connectivity index (χ3v) is 13.0. The number of carbonyl (C=O) groups is 3. The number of fused-ring (bicyclic) bond motifs is 2. The van der Waals surface area contributed by atoms with Gasteiger partial charge in [-0.3, -0.25) is 4.79 Å². The standard InChI is InChI=1S/C33H42O10/c1-8-16(2)27(36)41-21-13-20(40-17(3)34)29(4)15-39-22-23(29)31(21,6)19-9-11-30(5)25(18-10-12-38-14-18)42-28(37)26-33(30,43-26)32(19,7)24(22)35/h8,10,12,14,19-26,35H,9,11,13,15H2,1-7H3/b16-8+/t19-,20-,21+,22-,23+,24-,25+,26-,29-,30+,31+,32+,33-/m1/s1. The highest BCUT2D eigenvalue weighted by Gasteiger charge is 2.90. The van der Waals surface area contributed by atoms with Crippen LogP contribution in [0, 0.1) is 33.5 Å². The smallest absolute Gasteiger partial charge is 0.339 e. The van der Waals surface area contributed by atoms with E-state index < -0.39 is 81.8 Å². The number of ether oxygens (including phenoxy) is 5. The largest absolute Gasteiger partial charge is 0.472 e. The van der Waals surface area contributed by atoms with Gasteiger partial charge in [0, 0.05) is 52.1 Å². The van der Waals surface area contributed by atoms with Crippen molar-refractivity contribution < 1.29 is 47.6 Å². The number of aliphatic hydroxyl groups is 1. The van der Waals surface area contributed by atoms with Gasteiger partial charge in [-0.05, 0) is 38.7 Å². The Kier molecular flexibility index (Phi) is 6.04. The molecule has 0 bridgehead atoms. The number of carbonyl (C=O) groups excluding carboxylic acids is 3. The molecule has 7 rings (SSSR count). The lowest BCUT2D eigenvalue weighted by atomic mass is 9.34. The number of cyclic esters (lactones) is 1. The van der Waals surface area contributed by atoms with Gasteiger partial charge >= 0.3 is 17.9 Å². The molecule has 1 aromatic rings. The second-order valence-corrected chi connectivity index (χ2v) is 14.7. The molecule has 0 aromatic carbocycles. The van der Waals surface area contributed by atoms with Gasteiger partial charge in [-0.25, -0.2) is 9.59 Å². The van der Waals surface area contributed by atoms with E-state index in [4.69, 9.17) is 28.1 Å². The SMILES string of the molecule is C/C=C(\C)C(=O)O[C@H]1C[C@@H](OC(C)=O)[C@@]2(C)CO[C@H]3[C@@H](O)[C@]4(C)[C@H](CC[C@@]5(C)[C@H](c6ccoc6)OC(=O)[C@H]6O[C@@]645)[C@]1(C)[C@@H]32. The van der Waals surface area contributed by atoms with Gasteiger partial charge in [-0.2, -0.15) is 0 Å². The number of esters is 3. The molecular weight excluding hydrogens is 556 g/mol. The first-order valence-electron chi connectivity index (χ1n) is 15.4. The van der Waals surface area contributed by atoms with E-state index in [0.29, 0.717) is 24.8 Å². The van der Waals surface area contributed by atoms with Crippen LogP contribution in [0.25, 0.3) is 0 Å². The first-order valence-corrected chi connectivity index (χ1v) is 15.4. The molecule has 3 aliphatic carbocycles. The van der Waals surface area contributed by atoms with Crippen LogP contribution in [0.5, 0.6) is 0 Å². The number of hydrogen-bond donors (Lipinski definition) is 1. The summed E-state index contributed by atoms with van der Waals surface area (Å²) >= 11 is 0. The molecule has 43 heavy (non-hydrogen) atoms. The third-order valence-electron chi connectivity index (χ3n) is 13.0. The van der Waals surface area contributed by atoms with Gasteiger partial charge in [0.05, 0.1) is 31.3 Å². The van der Waals surface area contributed by atoms with Crippen molar-refractivity contribution in [2.75, 3.05) is 6.61 Å². The highest BCUT2D eigenvalue weighted by atomic mass is 16.7. The summed E-state index contributed by atoms with van der Waals surface area (Å²) < 4.78 is 36.8. The second kappa shape index (κ2) is 8.95. The Morgan fingerprint density at radius 1 is 1.09 bits per heavy atom. The molecular formula is C33H42O10. The highest BCUT2D eigenvalue weighted by molar-refractivity contribution is 5.87. The quantitative estimate of drug-likeness (QED) is 0.234. The minimum absolute atomic E-state index is 0.228. The van der Waals surface area contributed by atoms with Crippen LogP contribution in [0.3, 0.4) is 0 Å². The molecule has 6 fully saturated rings. The number of rotatable bonds is 4. The van der Waals surface area contributed by atoms with E-state index in [-0.39, 0.29) is 18.4 Å². The summed E-state index contributed by atoms with van der Waals surface area (Å²) in [5, 5.41) is 12.5. The minimum Gasteiger partial charge on any atom is -0.472 e. The average Bonchev–Trinajstić information content (AvgIpc) is 3.32. The van der Waals surface area contributed by atoms with Gasteiger partial charge < -0.3 is 33.2 Å². The van der Waals surface area contributed by atoms with Gasteiger partial charge in [0.25, 0.3) is 0 Å². The molecule has 0 amide bonds. The summed E-state index contributed by atoms with van der Waals surface area (Å²) in [7, 11) is 0. The third kappa shape index (κ3) is 3.27. The van der Waals surface area contributed by atoms with Crippen molar-refractivity contribution >= 4 is 17.9 Å². The number of hydrogen-bond acceptors (Lipinski definition) is 10.